The van der Waals surface area contributed by atoms with Gasteiger partial charge in [0.2, 0.25) is 5.91 Å². The lowest BCUT2D eigenvalue weighted by Gasteiger charge is -2.09. The second kappa shape index (κ2) is 8.77. The second-order valence-corrected chi connectivity index (χ2v) is 8.38. The molecule has 4 rings (SSSR count). The molecule has 7 nitrogen and oxygen atoms in total. The number of amides is 1. The molecule has 2 aromatic heterocycles. The number of hydrogen-bond donors (Lipinski definition) is 1. The monoisotopic (exact) mass is 432 g/mol. The zero-order valence-electron chi connectivity index (χ0n) is 18.0. The minimum atomic E-state index is -0.126. The summed E-state index contributed by atoms with van der Waals surface area (Å²) in [4.78, 5) is 12.6. The van der Waals surface area contributed by atoms with Gasteiger partial charge >= 0.3 is 0 Å². The summed E-state index contributed by atoms with van der Waals surface area (Å²) in [6.07, 6.45) is 0. The van der Waals surface area contributed by atoms with Gasteiger partial charge in [0, 0.05) is 18.7 Å². The third-order valence-electron chi connectivity index (χ3n) is 4.93. The first-order valence-corrected chi connectivity index (χ1v) is 10.9. The third kappa shape index (κ3) is 4.54. The first kappa shape index (κ1) is 20.9. The van der Waals surface area contributed by atoms with Gasteiger partial charge < -0.3 is 9.88 Å². The van der Waals surface area contributed by atoms with E-state index in [-0.39, 0.29) is 11.7 Å². The van der Waals surface area contributed by atoms with Gasteiger partial charge in [-0.25, -0.2) is 4.68 Å². The molecule has 0 aliphatic heterocycles. The number of thioether (sulfide) groups is 1. The Labute approximate surface area is 185 Å². The van der Waals surface area contributed by atoms with Gasteiger partial charge in [-0.15, -0.1) is 10.2 Å². The summed E-state index contributed by atoms with van der Waals surface area (Å²) in [5.41, 5.74) is 5.07. The molecule has 158 valence electrons. The van der Waals surface area contributed by atoms with Crippen molar-refractivity contribution in [2.24, 2.45) is 7.05 Å². The number of carbonyl (C=O) groups is 1. The summed E-state index contributed by atoms with van der Waals surface area (Å²) >= 11 is 1.35. The molecule has 0 saturated heterocycles. The molecule has 1 amide bonds. The van der Waals surface area contributed by atoms with E-state index < -0.39 is 0 Å². The Hall–Kier alpha value is -3.39. The first-order chi connectivity index (χ1) is 14.9. The fourth-order valence-corrected chi connectivity index (χ4v) is 3.99. The maximum atomic E-state index is 12.6. The maximum absolute atomic E-state index is 12.6. The number of aromatic nitrogens is 5. The maximum Gasteiger partial charge on any atom is 0.236 e. The molecule has 0 bridgehead atoms. The Kier molecular flexibility index (Phi) is 5.90. The van der Waals surface area contributed by atoms with Crippen LogP contribution in [0.1, 0.15) is 16.8 Å². The Balaban J connectivity index is 1.45. The average Bonchev–Trinajstić information content (AvgIpc) is 3.29. The number of anilines is 1. The summed E-state index contributed by atoms with van der Waals surface area (Å²) in [6.45, 7) is 5.99. The van der Waals surface area contributed by atoms with Crippen LogP contribution in [0, 0.1) is 20.8 Å². The predicted molar refractivity (Wildman–Crippen MR) is 124 cm³/mol. The van der Waals surface area contributed by atoms with Crippen LogP contribution in [-0.4, -0.2) is 36.2 Å². The van der Waals surface area contributed by atoms with Crippen molar-refractivity contribution in [1.29, 1.82) is 0 Å². The number of carbonyl (C=O) groups excluding carboxylic acids is 1. The van der Waals surface area contributed by atoms with Crippen molar-refractivity contribution in [3.8, 4) is 17.1 Å². The Morgan fingerprint density at radius 3 is 2.52 bits per heavy atom. The van der Waals surface area contributed by atoms with Crippen molar-refractivity contribution >= 4 is 23.5 Å². The van der Waals surface area contributed by atoms with Crippen LogP contribution in [0.4, 0.5) is 5.82 Å². The lowest BCUT2D eigenvalue weighted by Crippen LogP contribution is -2.17. The number of hydrogen-bond acceptors (Lipinski definition) is 5. The molecule has 0 aliphatic rings. The van der Waals surface area contributed by atoms with Gasteiger partial charge in [0.15, 0.2) is 11.0 Å². The average molecular weight is 433 g/mol. The normalized spacial score (nSPS) is 11.0. The first-order valence-electron chi connectivity index (χ1n) is 9.94. The van der Waals surface area contributed by atoms with E-state index >= 15 is 0 Å². The van der Waals surface area contributed by atoms with Crippen molar-refractivity contribution in [3.05, 3.63) is 71.4 Å². The predicted octanol–water partition coefficient (Wildman–Crippen LogP) is 4.32. The van der Waals surface area contributed by atoms with Gasteiger partial charge in [0.1, 0.15) is 5.82 Å². The highest BCUT2D eigenvalue weighted by atomic mass is 32.2. The molecular formula is C23H24N6OS. The van der Waals surface area contributed by atoms with Crippen molar-refractivity contribution in [2.75, 3.05) is 11.1 Å². The minimum Gasteiger partial charge on any atom is -0.310 e. The van der Waals surface area contributed by atoms with E-state index in [9.17, 15) is 4.79 Å². The molecule has 2 aromatic carbocycles. The van der Waals surface area contributed by atoms with Crippen LogP contribution in [0.15, 0.2) is 59.8 Å². The molecule has 8 heteroatoms. The molecule has 0 fully saturated rings. The molecule has 0 aliphatic carbocycles. The lowest BCUT2D eigenvalue weighted by molar-refractivity contribution is -0.113. The van der Waals surface area contributed by atoms with Crippen LogP contribution in [0.3, 0.4) is 0 Å². The molecule has 0 atom stereocenters. The molecule has 0 saturated carbocycles. The molecule has 2 heterocycles. The molecule has 0 radical (unpaired) electrons. The van der Waals surface area contributed by atoms with Crippen LogP contribution in [-0.2, 0) is 11.8 Å². The lowest BCUT2D eigenvalue weighted by atomic mass is 10.1. The van der Waals surface area contributed by atoms with Crippen molar-refractivity contribution in [2.45, 2.75) is 25.9 Å². The van der Waals surface area contributed by atoms with Crippen LogP contribution < -0.4 is 5.32 Å². The van der Waals surface area contributed by atoms with E-state index in [1.165, 1.54) is 17.3 Å². The highest BCUT2D eigenvalue weighted by molar-refractivity contribution is 7.99. The summed E-state index contributed by atoms with van der Waals surface area (Å²) in [5, 5.41) is 16.8. The quantitative estimate of drug-likeness (QED) is 0.459. The Bertz CT molecular complexity index is 1230. The molecule has 1 N–H and O–H groups in total. The molecule has 0 unspecified atom stereocenters. The molecular weight excluding hydrogens is 408 g/mol. The highest BCUT2D eigenvalue weighted by Gasteiger charge is 2.16. The number of nitrogens with zero attached hydrogens (tertiary/aromatic N) is 5. The third-order valence-corrected chi connectivity index (χ3v) is 5.95. The number of benzene rings is 2. The minimum absolute atomic E-state index is 0.126. The van der Waals surface area contributed by atoms with E-state index in [2.05, 4.69) is 20.6 Å². The topological polar surface area (TPSA) is 77.6 Å². The van der Waals surface area contributed by atoms with E-state index in [1.54, 1.807) is 4.68 Å². The van der Waals surface area contributed by atoms with E-state index in [0.717, 1.165) is 28.3 Å². The van der Waals surface area contributed by atoms with Gasteiger partial charge in [-0.2, -0.15) is 5.10 Å². The van der Waals surface area contributed by atoms with Gasteiger partial charge in [-0.05, 0) is 38.5 Å². The fraction of sp³-hybridized carbons (Fsp3) is 0.217. The van der Waals surface area contributed by atoms with Crippen LogP contribution in [0.25, 0.3) is 17.1 Å². The van der Waals surface area contributed by atoms with Crippen LogP contribution in [0.5, 0.6) is 0 Å². The Morgan fingerprint density at radius 1 is 1.03 bits per heavy atom. The molecule has 31 heavy (non-hydrogen) atoms. The van der Waals surface area contributed by atoms with Crippen molar-refractivity contribution in [1.82, 2.24) is 24.5 Å². The summed E-state index contributed by atoms with van der Waals surface area (Å²) in [5.74, 6) is 1.52. The largest absolute Gasteiger partial charge is 0.310 e. The summed E-state index contributed by atoms with van der Waals surface area (Å²) < 4.78 is 3.66. The van der Waals surface area contributed by atoms with E-state index in [4.69, 9.17) is 0 Å². The van der Waals surface area contributed by atoms with E-state index in [1.807, 2.05) is 87.0 Å². The zero-order chi connectivity index (χ0) is 22.0. The van der Waals surface area contributed by atoms with Gasteiger partial charge in [0.05, 0.1) is 17.1 Å². The van der Waals surface area contributed by atoms with Gasteiger partial charge in [0.25, 0.3) is 0 Å². The zero-order valence-corrected chi connectivity index (χ0v) is 18.8. The van der Waals surface area contributed by atoms with Crippen LogP contribution >= 0.6 is 11.8 Å². The standard InChI is InChI=1S/C23H24N6OS/c1-15-9-11-18(12-10-15)29-20(13-17(3)27-29)24-21(30)14-31-23-26-25-22(28(23)4)19-8-6-5-7-16(19)2/h5-13H,14H2,1-4H3,(H,24,30). The molecule has 0 spiro atoms. The van der Waals surface area contributed by atoms with Crippen molar-refractivity contribution < 1.29 is 4.79 Å². The number of rotatable bonds is 6. The SMILES string of the molecule is Cc1ccc(-n2nc(C)cc2NC(=O)CSc2nnc(-c3ccccc3C)n2C)cc1. The highest BCUT2D eigenvalue weighted by Crippen LogP contribution is 2.25. The van der Waals surface area contributed by atoms with E-state index in [0.29, 0.717) is 11.0 Å². The number of aryl methyl sites for hydroxylation is 3. The smallest absolute Gasteiger partial charge is 0.236 e. The van der Waals surface area contributed by atoms with Crippen molar-refractivity contribution in [3.63, 3.8) is 0 Å². The Morgan fingerprint density at radius 2 is 1.77 bits per heavy atom. The van der Waals surface area contributed by atoms with Gasteiger partial charge in [-0.1, -0.05) is 53.7 Å². The van der Waals surface area contributed by atoms with Gasteiger partial charge in [-0.3, -0.25) is 4.79 Å². The summed E-state index contributed by atoms with van der Waals surface area (Å²) in [6, 6.07) is 17.9. The fourth-order valence-electron chi connectivity index (χ4n) is 3.28. The van der Waals surface area contributed by atoms with Crippen LogP contribution in [0.2, 0.25) is 0 Å². The number of nitrogens with one attached hydrogen (secondary N) is 1. The molecule has 4 aromatic rings. The second-order valence-electron chi connectivity index (χ2n) is 7.44. The summed E-state index contributed by atoms with van der Waals surface area (Å²) in [7, 11) is 1.91.